The summed E-state index contributed by atoms with van der Waals surface area (Å²) in [7, 11) is 1.41. The first-order valence-electron chi connectivity index (χ1n) is 5.69. The summed E-state index contributed by atoms with van der Waals surface area (Å²) in [6.45, 7) is 5.14. The molecule has 96 valence electrons. The van der Waals surface area contributed by atoms with E-state index in [-0.39, 0.29) is 5.97 Å². The third-order valence-electron chi connectivity index (χ3n) is 2.19. The van der Waals surface area contributed by atoms with Crippen molar-refractivity contribution in [1.82, 2.24) is 5.32 Å². The van der Waals surface area contributed by atoms with Crippen LogP contribution in [0.15, 0.2) is 12.1 Å². The smallest absolute Gasteiger partial charge is 0.310 e. The highest BCUT2D eigenvalue weighted by Crippen LogP contribution is 2.17. The van der Waals surface area contributed by atoms with Crippen molar-refractivity contribution in [3.63, 3.8) is 0 Å². The average molecular weight is 257 g/mol. The normalized spacial score (nSPS) is 10.5. The van der Waals surface area contributed by atoms with E-state index in [1.54, 1.807) is 11.3 Å². The van der Waals surface area contributed by atoms with Gasteiger partial charge in [-0.15, -0.1) is 11.3 Å². The highest BCUT2D eigenvalue weighted by atomic mass is 32.1. The molecule has 17 heavy (non-hydrogen) atoms. The standard InChI is InChI=1S/C12H19NO3S/c1-3-16-7-6-13-9-11-5-4-10(17-11)8-12(14)15-2/h4-5,13H,3,6-9H2,1-2H3. The molecule has 0 aliphatic carbocycles. The van der Waals surface area contributed by atoms with Gasteiger partial charge in [-0.1, -0.05) is 0 Å². The Balaban J connectivity index is 2.23. The van der Waals surface area contributed by atoms with E-state index in [9.17, 15) is 4.79 Å². The van der Waals surface area contributed by atoms with Gasteiger partial charge in [0.05, 0.1) is 20.1 Å². The summed E-state index contributed by atoms with van der Waals surface area (Å²) in [4.78, 5) is 13.3. The van der Waals surface area contributed by atoms with Crippen LogP contribution < -0.4 is 5.32 Å². The number of hydrogen-bond donors (Lipinski definition) is 1. The van der Waals surface area contributed by atoms with E-state index in [0.29, 0.717) is 6.42 Å². The van der Waals surface area contributed by atoms with Gasteiger partial charge in [-0.2, -0.15) is 0 Å². The molecule has 0 unspecified atom stereocenters. The van der Waals surface area contributed by atoms with E-state index in [1.165, 1.54) is 12.0 Å². The summed E-state index contributed by atoms with van der Waals surface area (Å²) >= 11 is 1.64. The van der Waals surface area contributed by atoms with Crippen molar-refractivity contribution in [1.29, 1.82) is 0 Å². The number of rotatable bonds is 8. The predicted molar refractivity (Wildman–Crippen MR) is 68.2 cm³/mol. The molecule has 1 N–H and O–H groups in total. The number of hydrogen-bond acceptors (Lipinski definition) is 5. The van der Waals surface area contributed by atoms with Crippen LogP contribution in [-0.4, -0.2) is 32.8 Å². The predicted octanol–water partition coefficient (Wildman–Crippen LogP) is 1.59. The van der Waals surface area contributed by atoms with E-state index < -0.39 is 0 Å². The Bertz CT molecular complexity index is 338. The highest BCUT2D eigenvalue weighted by Gasteiger charge is 2.05. The maximum absolute atomic E-state index is 11.1. The zero-order chi connectivity index (χ0) is 12.5. The van der Waals surface area contributed by atoms with Gasteiger partial charge in [0, 0.05) is 29.5 Å². The maximum atomic E-state index is 11.1. The van der Waals surface area contributed by atoms with Crippen molar-refractivity contribution in [3.05, 3.63) is 21.9 Å². The fourth-order valence-corrected chi connectivity index (χ4v) is 2.30. The second kappa shape index (κ2) is 8.22. The Kier molecular flexibility index (Phi) is 6.84. The second-order valence-electron chi connectivity index (χ2n) is 3.49. The lowest BCUT2D eigenvalue weighted by atomic mass is 10.3. The molecule has 0 aliphatic heterocycles. The van der Waals surface area contributed by atoms with Crippen LogP contribution in [0.5, 0.6) is 0 Å². The van der Waals surface area contributed by atoms with Gasteiger partial charge in [0.25, 0.3) is 0 Å². The number of nitrogens with one attached hydrogen (secondary N) is 1. The van der Waals surface area contributed by atoms with Gasteiger partial charge in [0.1, 0.15) is 0 Å². The van der Waals surface area contributed by atoms with Crippen molar-refractivity contribution in [2.75, 3.05) is 26.9 Å². The zero-order valence-electron chi connectivity index (χ0n) is 10.3. The third-order valence-corrected chi connectivity index (χ3v) is 3.28. The molecule has 1 rings (SSSR count). The van der Waals surface area contributed by atoms with Crippen LogP contribution in [0.4, 0.5) is 0 Å². The molecule has 1 aromatic rings. The number of ether oxygens (including phenoxy) is 2. The maximum Gasteiger partial charge on any atom is 0.310 e. The van der Waals surface area contributed by atoms with E-state index in [4.69, 9.17) is 4.74 Å². The van der Waals surface area contributed by atoms with Gasteiger partial charge in [-0.25, -0.2) is 0 Å². The minimum atomic E-state index is -0.192. The van der Waals surface area contributed by atoms with Crippen LogP contribution >= 0.6 is 11.3 Å². The van der Waals surface area contributed by atoms with Gasteiger partial charge in [-0.05, 0) is 19.1 Å². The second-order valence-corrected chi connectivity index (χ2v) is 4.75. The summed E-state index contributed by atoms with van der Waals surface area (Å²) in [5.74, 6) is -0.192. The molecule has 0 bridgehead atoms. The van der Waals surface area contributed by atoms with E-state index in [2.05, 4.69) is 10.1 Å². The van der Waals surface area contributed by atoms with Crippen LogP contribution in [0.25, 0.3) is 0 Å². The van der Waals surface area contributed by atoms with Gasteiger partial charge >= 0.3 is 5.97 Å². The molecule has 0 atom stereocenters. The number of carbonyl (C=O) groups is 1. The van der Waals surface area contributed by atoms with Crippen molar-refractivity contribution in [2.24, 2.45) is 0 Å². The van der Waals surface area contributed by atoms with E-state index in [0.717, 1.165) is 31.2 Å². The molecule has 5 heteroatoms. The van der Waals surface area contributed by atoms with Crippen molar-refractivity contribution in [2.45, 2.75) is 19.9 Å². The lowest BCUT2D eigenvalue weighted by Gasteiger charge is -2.02. The van der Waals surface area contributed by atoms with Crippen molar-refractivity contribution in [3.8, 4) is 0 Å². The Morgan fingerprint density at radius 3 is 2.88 bits per heavy atom. The van der Waals surface area contributed by atoms with Crippen LogP contribution in [0, 0.1) is 0 Å². The molecule has 0 saturated carbocycles. The summed E-state index contributed by atoms with van der Waals surface area (Å²) in [6, 6.07) is 4.01. The first-order chi connectivity index (χ1) is 8.26. The van der Waals surface area contributed by atoms with Crippen LogP contribution in [-0.2, 0) is 27.2 Å². The largest absolute Gasteiger partial charge is 0.469 e. The minimum Gasteiger partial charge on any atom is -0.469 e. The Hall–Kier alpha value is -0.910. The van der Waals surface area contributed by atoms with Gasteiger partial charge < -0.3 is 14.8 Å². The van der Waals surface area contributed by atoms with E-state index >= 15 is 0 Å². The Labute approximate surface area is 106 Å². The quantitative estimate of drug-likeness (QED) is 0.567. The summed E-state index contributed by atoms with van der Waals surface area (Å²) in [6.07, 6.45) is 0.361. The summed E-state index contributed by atoms with van der Waals surface area (Å²) in [5.41, 5.74) is 0. The molecule has 1 aromatic heterocycles. The highest BCUT2D eigenvalue weighted by molar-refractivity contribution is 7.12. The molecular formula is C12H19NO3S. The topological polar surface area (TPSA) is 47.6 Å². The van der Waals surface area contributed by atoms with Crippen LogP contribution in [0.2, 0.25) is 0 Å². The average Bonchev–Trinajstić information content (AvgIpc) is 2.76. The fourth-order valence-electron chi connectivity index (χ4n) is 1.33. The summed E-state index contributed by atoms with van der Waals surface area (Å²) in [5, 5.41) is 3.29. The molecular weight excluding hydrogens is 238 g/mol. The van der Waals surface area contributed by atoms with Gasteiger partial charge in [0.15, 0.2) is 0 Å². The number of methoxy groups -OCH3 is 1. The fraction of sp³-hybridized carbons (Fsp3) is 0.583. The van der Waals surface area contributed by atoms with Crippen molar-refractivity contribution >= 4 is 17.3 Å². The molecule has 1 heterocycles. The minimum absolute atomic E-state index is 0.192. The molecule has 0 spiro atoms. The molecule has 0 aromatic carbocycles. The Morgan fingerprint density at radius 2 is 2.18 bits per heavy atom. The lowest BCUT2D eigenvalue weighted by Crippen LogP contribution is -2.18. The van der Waals surface area contributed by atoms with Crippen LogP contribution in [0.1, 0.15) is 16.7 Å². The van der Waals surface area contributed by atoms with Gasteiger partial charge in [-0.3, -0.25) is 4.79 Å². The molecule has 0 amide bonds. The van der Waals surface area contributed by atoms with Gasteiger partial charge in [0.2, 0.25) is 0 Å². The first kappa shape index (κ1) is 14.2. The lowest BCUT2D eigenvalue weighted by molar-refractivity contribution is -0.139. The number of carbonyl (C=O) groups excluding carboxylic acids is 1. The summed E-state index contributed by atoms with van der Waals surface area (Å²) < 4.78 is 9.85. The molecule has 0 aliphatic rings. The Morgan fingerprint density at radius 1 is 1.41 bits per heavy atom. The third kappa shape index (κ3) is 5.81. The molecule has 4 nitrogen and oxygen atoms in total. The first-order valence-corrected chi connectivity index (χ1v) is 6.50. The van der Waals surface area contributed by atoms with Crippen LogP contribution in [0.3, 0.4) is 0 Å². The monoisotopic (exact) mass is 257 g/mol. The molecule has 0 radical (unpaired) electrons. The van der Waals surface area contributed by atoms with Crippen molar-refractivity contribution < 1.29 is 14.3 Å². The number of thiophene rings is 1. The zero-order valence-corrected chi connectivity index (χ0v) is 11.1. The molecule has 0 saturated heterocycles. The van der Waals surface area contributed by atoms with E-state index in [1.807, 2.05) is 19.1 Å². The molecule has 0 fully saturated rings. The SMILES string of the molecule is CCOCCNCc1ccc(CC(=O)OC)s1. The number of esters is 1.